The summed E-state index contributed by atoms with van der Waals surface area (Å²) in [4.78, 5) is 0. The fraction of sp³-hybridized carbons (Fsp3) is 0.812. The van der Waals surface area contributed by atoms with E-state index in [1.54, 1.807) is 0 Å². The molecule has 0 spiro atoms. The van der Waals surface area contributed by atoms with Crippen molar-refractivity contribution in [2.45, 2.75) is 70.3 Å². The summed E-state index contributed by atoms with van der Waals surface area (Å²) in [5.74, 6) is 2.92. The SMILES string of the molecule is CC(C)C(C(C)C)S(=O)Cc1cc(C2CCCC2)on1. The van der Waals surface area contributed by atoms with Crippen molar-refractivity contribution in [2.75, 3.05) is 0 Å². The highest BCUT2D eigenvalue weighted by Gasteiger charge is 2.26. The van der Waals surface area contributed by atoms with E-state index in [1.165, 1.54) is 25.7 Å². The van der Waals surface area contributed by atoms with Crippen LogP contribution in [0.15, 0.2) is 10.6 Å². The van der Waals surface area contributed by atoms with Gasteiger partial charge in [-0.1, -0.05) is 45.7 Å². The molecule has 0 saturated heterocycles. The van der Waals surface area contributed by atoms with Gasteiger partial charge in [-0.05, 0) is 24.7 Å². The van der Waals surface area contributed by atoms with Gasteiger partial charge in [-0.15, -0.1) is 0 Å². The Bertz CT molecular complexity index is 439. The maximum atomic E-state index is 12.6. The summed E-state index contributed by atoms with van der Waals surface area (Å²) in [6, 6.07) is 2.03. The molecule has 0 bridgehead atoms. The van der Waals surface area contributed by atoms with Gasteiger partial charge < -0.3 is 4.52 Å². The predicted octanol–water partition coefficient (Wildman–Crippen LogP) is 4.26. The minimum Gasteiger partial charge on any atom is -0.361 e. The van der Waals surface area contributed by atoms with Gasteiger partial charge in [-0.3, -0.25) is 4.21 Å². The Balaban J connectivity index is 2.00. The highest BCUT2D eigenvalue weighted by molar-refractivity contribution is 7.84. The molecule has 3 nitrogen and oxygen atoms in total. The van der Waals surface area contributed by atoms with Crippen molar-refractivity contribution in [2.24, 2.45) is 11.8 Å². The standard InChI is InChI=1S/C16H27NO2S/c1-11(2)16(12(3)4)20(18)10-14-9-15(19-17-14)13-7-5-6-8-13/h9,11-13,16H,5-8,10H2,1-4H3. The smallest absolute Gasteiger partial charge is 0.140 e. The van der Waals surface area contributed by atoms with Crippen LogP contribution in [0.25, 0.3) is 0 Å². The fourth-order valence-electron chi connectivity index (χ4n) is 3.42. The summed E-state index contributed by atoms with van der Waals surface area (Å²) in [5.41, 5.74) is 0.858. The Morgan fingerprint density at radius 3 is 2.40 bits per heavy atom. The molecule has 1 heterocycles. The van der Waals surface area contributed by atoms with Crippen molar-refractivity contribution in [1.29, 1.82) is 0 Å². The number of hydrogen-bond donors (Lipinski definition) is 0. The quantitative estimate of drug-likeness (QED) is 0.788. The second-order valence-corrected chi connectivity index (χ2v) is 8.27. The molecule has 2 rings (SSSR count). The van der Waals surface area contributed by atoms with Gasteiger partial charge in [0, 0.05) is 28.0 Å². The van der Waals surface area contributed by atoms with Gasteiger partial charge >= 0.3 is 0 Å². The minimum atomic E-state index is -0.880. The van der Waals surface area contributed by atoms with Gasteiger partial charge in [0.15, 0.2) is 0 Å². The second kappa shape index (κ2) is 6.88. The summed E-state index contributed by atoms with van der Waals surface area (Å²) in [5, 5.41) is 4.36. The van der Waals surface area contributed by atoms with E-state index < -0.39 is 10.8 Å². The molecular formula is C16H27NO2S. The van der Waals surface area contributed by atoms with Crippen LogP contribution in [0.3, 0.4) is 0 Å². The van der Waals surface area contributed by atoms with Crippen LogP contribution >= 0.6 is 0 Å². The first kappa shape index (κ1) is 15.7. The Morgan fingerprint density at radius 2 is 1.85 bits per heavy atom. The Kier molecular flexibility index (Phi) is 5.42. The molecular weight excluding hydrogens is 270 g/mol. The molecule has 20 heavy (non-hydrogen) atoms. The monoisotopic (exact) mass is 297 g/mol. The molecule has 1 aliphatic rings. The van der Waals surface area contributed by atoms with Crippen molar-refractivity contribution < 1.29 is 8.73 Å². The second-order valence-electron chi connectivity index (χ2n) is 6.68. The first-order valence-corrected chi connectivity index (χ1v) is 9.20. The van der Waals surface area contributed by atoms with Crippen molar-refractivity contribution in [3.05, 3.63) is 17.5 Å². The van der Waals surface area contributed by atoms with Gasteiger partial charge in [-0.25, -0.2) is 0 Å². The maximum Gasteiger partial charge on any atom is 0.140 e. The molecule has 1 saturated carbocycles. The van der Waals surface area contributed by atoms with Gasteiger partial charge in [0.2, 0.25) is 0 Å². The molecule has 1 fully saturated rings. The van der Waals surface area contributed by atoms with Crippen LogP contribution in [0.5, 0.6) is 0 Å². The normalized spacial score (nSPS) is 18.6. The van der Waals surface area contributed by atoms with Crippen LogP contribution in [0, 0.1) is 11.8 Å². The summed E-state index contributed by atoms with van der Waals surface area (Å²) >= 11 is 0. The number of hydrogen-bond acceptors (Lipinski definition) is 3. The van der Waals surface area contributed by atoms with Gasteiger partial charge in [0.05, 0.1) is 11.4 Å². The Hall–Kier alpha value is -0.640. The van der Waals surface area contributed by atoms with Crippen LogP contribution < -0.4 is 0 Å². The van der Waals surface area contributed by atoms with Crippen LogP contribution in [0.1, 0.15) is 70.8 Å². The summed E-state index contributed by atoms with van der Waals surface area (Å²) < 4.78 is 18.0. The average Bonchev–Trinajstić information content (AvgIpc) is 2.96. The molecule has 114 valence electrons. The van der Waals surface area contributed by atoms with Crippen LogP contribution in [-0.2, 0) is 16.6 Å². The molecule has 1 aliphatic carbocycles. The molecule has 1 atom stereocenters. The predicted molar refractivity (Wildman–Crippen MR) is 83.0 cm³/mol. The molecule has 0 radical (unpaired) electrons. The molecule has 0 amide bonds. The number of nitrogens with zero attached hydrogens (tertiary/aromatic N) is 1. The van der Waals surface area contributed by atoms with E-state index in [4.69, 9.17) is 4.52 Å². The van der Waals surface area contributed by atoms with Crippen molar-refractivity contribution in [3.8, 4) is 0 Å². The maximum absolute atomic E-state index is 12.6. The lowest BCUT2D eigenvalue weighted by Crippen LogP contribution is -2.28. The highest BCUT2D eigenvalue weighted by Crippen LogP contribution is 2.34. The van der Waals surface area contributed by atoms with Crippen LogP contribution in [-0.4, -0.2) is 14.6 Å². The summed E-state index contributed by atoms with van der Waals surface area (Å²) in [6.07, 6.45) is 4.99. The van der Waals surface area contributed by atoms with E-state index >= 15 is 0 Å². The zero-order valence-corrected chi connectivity index (χ0v) is 13.9. The zero-order chi connectivity index (χ0) is 14.7. The number of aromatic nitrogens is 1. The van der Waals surface area contributed by atoms with Gasteiger partial charge in [0.1, 0.15) is 5.76 Å². The largest absolute Gasteiger partial charge is 0.361 e. The van der Waals surface area contributed by atoms with E-state index in [9.17, 15) is 4.21 Å². The molecule has 1 unspecified atom stereocenters. The van der Waals surface area contributed by atoms with E-state index in [2.05, 4.69) is 32.9 Å². The average molecular weight is 297 g/mol. The van der Waals surface area contributed by atoms with Crippen molar-refractivity contribution in [3.63, 3.8) is 0 Å². The summed E-state index contributed by atoms with van der Waals surface area (Å²) in [7, 11) is -0.880. The van der Waals surface area contributed by atoms with E-state index in [0.29, 0.717) is 23.5 Å². The third-order valence-corrected chi connectivity index (χ3v) is 6.52. The molecule has 4 heteroatoms. The first-order valence-electron chi connectivity index (χ1n) is 7.81. The molecule has 1 aromatic rings. The lowest BCUT2D eigenvalue weighted by molar-refractivity contribution is 0.357. The van der Waals surface area contributed by atoms with Crippen LogP contribution in [0.2, 0.25) is 0 Å². The third kappa shape index (κ3) is 3.72. The number of rotatable bonds is 6. The first-order chi connectivity index (χ1) is 9.49. The van der Waals surface area contributed by atoms with E-state index in [0.717, 1.165) is 11.5 Å². The minimum absolute atomic E-state index is 0.224. The topological polar surface area (TPSA) is 43.1 Å². The molecule has 0 aliphatic heterocycles. The Labute approximate surface area is 125 Å². The fourth-order valence-corrected chi connectivity index (χ4v) is 5.25. The highest BCUT2D eigenvalue weighted by atomic mass is 32.2. The summed E-state index contributed by atoms with van der Waals surface area (Å²) in [6.45, 7) is 8.59. The van der Waals surface area contributed by atoms with Gasteiger partial charge in [-0.2, -0.15) is 0 Å². The molecule has 1 aromatic heterocycles. The van der Waals surface area contributed by atoms with Gasteiger partial charge in [0.25, 0.3) is 0 Å². The third-order valence-electron chi connectivity index (χ3n) is 4.24. The Morgan fingerprint density at radius 1 is 1.25 bits per heavy atom. The van der Waals surface area contributed by atoms with Crippen molar-refractivity contribution >= 4 is 10.8 Å². The van der Waals surface area contributed by atoms with E-state index in [-0.39, 0.29) is 5.25 Å². The zero-order valence-electron chi connectivity index (χ0n) is 13.1. The van der Waals surface area contributed by atoms with E-state index in [1.807, 2.05) is 6.07 Å². The van der Waals surface area contributed by atoms with Crippen molar-refractivity contribution in [1.82, 2.24) is 5.16 Å². The molecule has 0 N–H and O–H groups in total. The lowest BCUT2D eigenvalue weighted by atomic mass is 10.0. The molecule has 0 aromatic carbocycles. The van der Waals surface area contributed by atoms with Crippen LogP contribution in [0.4, 0.5) is 0 Å². The lowest BCUT2D eigenvalue weighted by Gasteiger charge is -2.23.